The molecule has 1 fully saturated rings. The lowest BCUT2D eigenvalue weighted by Crippen LogP contribution is -2.43. The summed E-state index contributed by atoms with van der Waals surface area (Å²) in [5.74, 6) is 1.69. The van der Waals surface area contributed by atoms with Crippen molar-refractivity contribution in [3.05, 3.63) is 60.5 Å². The van der Waals surface area contributed by atoms with Gasteiger partial charge in [0.25, 0.3) is 0 Å². The van der Waals surface area contributed by atoms with Gasteiger partial charge >= 0.3 is 6.03 Å². The van der Waals surface area contributed by atoms with Crippen molar-refractivity contribution >= 4 is 23.4 Å². The number of aryl methyl sites for hydroxylation is 1. The number of nitrogens with one attached hydrogen (secondary N) is 2. The molecule has 0 spiro atoms. The summed E-state index contributed by atoms with van der Waals surface area (Å²) in [6.45, 7) is 2.70. The van der Waals surface area contributed by atoms with Gasteiger partial charge in [-0.25, -0.2) is 9.78 Å². The zero-order chi connectivity index (χ0) is 21.6. The van der Waals surface area contributed by atoms with Crippen LogP contribution in [-0.4, -0.2) is 40.1 Å². The van der Waals surface area contributed by atoms with Gasteiger partial charge in [0, 0.05) is 31.3 Å². The molecule has 9 nitrogen and oxygen atoms in total. The third kappa shape index (κ3) is 5.19. The average Bonchev–Trinajstić information content (AvgIpc) is 3.20. The molecule has 0 unspecified atom stereocenters. The maximum Gasteiger partial charge on any atom is 0.321 e. The molecule has 160 valence electrons. The van der Waals surface area contributed by atoms with Gasteiger partial charge in [0.05, 0.1) is 0 Å². The van der Waals surface area contributed by atoms with Crippen molar-refractivity contribution in [3.63, 3.8) is 0 Å². The second-order valence-electron chi connectivity index (χ2n) is 7.27. The van der Waals surface area contributed by atoms with E-state index < -0.39 is 0 Å². The summed E-state index contributed by atoms with van der Waals surface area (Å²) in [6, 6.07) is 14.1. The van der Waals surface area contributed by atoms with Crippen LogP contribution in [-0.2, 0) is 4.79 Å². The minimum atomic E-state index is -0.253. The number of benzene rings is 1. The predicted octanol–water partition coefficient (Wildman–Crippen LogP) is 4.05. The van der Waals surface area contributed by atoms with E-state index in [4.69, 9.17) is 9.26 Å². The molecule has 2 aromatic heterocycles. The van der Waals surface area contributed by atoms with Crippen LogP contribution in [0.3, 0.4) is 0 Å². The molecule has 2 N–H and O–H groups in total. The molecular weight excluding hydrogens is 398 g/mol. The number of likely N-dealkylation sites (tertiary alicyclic amines) is 1. The van der Waals surface area contributed by atoms with E-state index in [9.17, 15) is 9.59 Å². The van der Waals surface area contributed by atoms with Crippen molar-refractivity contribution in [1.82, 2.24) is 15.0 Å². The Morgan fingerprint density at radius 3 is 2.58 bits per heavy atom. The molecule has 0 aliphatic carbocycles. The van der Waals surface area contributed by atoms with Crippen LogP contribution in [0, 0.1) is 12.8 Å². The van der Waals surface area contributed by atoms with Crippen LogP contribution in [0.25, 0.3) is 0 Å². The van der Waals surface area contributed by atoms with Crippen molar-refractivity contribution in [2.75, 3.05) is 23.7 Å². The summed E-state index contributed by atoms with van der Waals surface area (Å²) in [5.41, 5.74) is 0.484. The number of amides is 3. The van der Waals surface area contributed by atoms with Crippen LogP contribution >= 0.6 is 0 Å². The fraction of sp³-hybridized carbons (Fsp3) is 0.273. The van der Waals surface area contributed by atoms with Gasteiger partial charge in [0.1, 0.15) is 17.2 Å². The Balaban J connectivity index is 1.32. The number of ether oxygens (including phenoxy) is 1. The van der Waals surface area contributed by atoms with Gasteiger partial charge in [0.15, 0.2) is 5.82 Å². The van der Waals surface area contributed by atoms with E-state index in [0.717, 1.165) is 0 Å². The SMILES string of the molecule is Cc1cc(NC(=O)C2CCN(C(=O)Nc3cccnc3Oc3ccccc3)CC2)no1. The lowest BCUT2D eigenvalue weighted by molar-refractivity contribution is -0.121. The van der Waals surface area contributed by atoms with Crippen LogP contribution in [0.1, 0.15) is 18.6 Å². The van der Waals surface area contributed by atoms with E-state index in [1.807, 2.05) is 30.3 Å². The number of rotatable bonds is 5. The van der Waals surface area contributed by atoms with Crippen LogP contribution in [0.5, 0.6) is 11.6 Å². The average molecular weight is 421 g/mol. The maximum absolute atomic E-state index is 12.8. The quantitative estimate of drug-likeness (QED) is 0.643. The molecule has 4 rings (SSSR count). The smallest absolute Gasteiger partial charge is 0.321 e. The first-order valence-corrected chi connectivity index (χ1v) is 10.1. The summed E-state index contributed by atoms with van der Waals surface area (Å²) in [7, 11) is 0. The predicted molar refractivity (Wildman–Crippen MR) is 114 cm³/mol. The highest BCUT2D eigenvalue weighted by Gasteiger charge is 2.28. The minimum absolute atomic E-state index is 0.112. The number of hydrogen-bond donors (Lipinski definition) is 2. The number of para-hydroxylation sites is 1. The fourth-order valence-electron chi connectivity index (χ4n) is 3.36. The molecule has 3 amide bonds. The number of aromatic nitrogens is 2. The first-order valence-electron chi connectivity index (χ1n) is 10.1. The molecular formula is C22H23N5O4. The Kier molecular flexibility index (Phi) is 6.11. The summed E-state index contributed by atoms with van der Waals surface area (Å²) in [5, 5.41) is 9.40. The number of carbonyl (C=O) groups excluding carboxylic acids is 2. The van der Waals surface area contributed by atoms with E-state index in [2.05, 4.69) is 20.8 Å². The molecule has 1 saturated heterocycles. The number of pyridine rings is 1. The van der Waals surface area contributed by atoms with E-state index in [1.54, 1.807) is 36.2 Å². The molecule has 1 aromatic carbocycles. The molecule has 3 aromatic rings. The number of carbonyl (C=O) groups is 2. The summed E-state index contributed by atoms with van der Waals surface area (Å²) in [4.78, 5) is 31.1. The van der Waals surface area contributed by atoms with Crippen LogP contribution < -0.4 is 15.4 Å². The Morgan fingerprint density at radius 1 is 1.10 bits per heavy atom. The number of piperidine rings is 1. The molecule has 9 heteroatoms. The molecule has 0 bridgehead atoms. The Hall–Kier alpha value is -3.88. The van der Waals surface area contributed by atoms with Gasteiger partial charge in [-0.3, -0.25) is 4.79 Å². The van der Waals surface area contributed by atoms with Gasteiger partial charge in [-0.2, -0.15) is 0 Å². The standard InChI is InChI=1S/C22H23N5O4/c1-15-14-19(26-31-15)25-20(28)16-9-12-27(13-10-16)22(29)24-18-8-5-11-23-21(18)30-17-6-3-2-4-7-17/h2-8,11,14,16H,9-10,12-13H2,1H3,(H,24,29)(H,25,26,28). The third-order valence-electron chi connectivity index (χ3n) is 5.00. The van der Waals surface area contributed by atoms with Gasteiger partial charge in [0.2, 0.25) is 11.8 Å². The number of anilines is 2. The van der Waals surface area contributed by atoms with Crippen LogP contribution in [0.4, 0.5) is 16.3 Å². The molecule has 0 saturated carbocycles. The highest BCUT2D eigenvalue weighted by molar-refractivity contribution is 5.93. The number of hydrogen-bond acceptors (Lipinski definition) is 6. The lowest BCUT2D eigenvalue weighted by Gasteiger charge is -2.31. The summed E-state index contributed by atoms with van der Waals surface area (Å²) >= 11 is 0. The van der Waals surface area contributed by atoms with E-state index >= 15 is 0 Å². The monoisotopic (exact) mass is 421 g/mol. The number of urea groups is 1. The highest BCUT2D eigenvalue weighted by atomic mass is 16.5. The maximum atomic E-state index is 12.8. The van der Waals surface area contributed by atoms with Gasteiger partial charge in [-0.05, 0) is 44.0 Å². The zero-order valence-corrected chi connectivity index (χ0v) is 17.1. The van der Waals surface area contributed by atoms with E-state index in [1.165, 1.54) is 0 Å². The van der Waals surface area contributed by atoms with Crippen molar-refractivity contribution in [2.24, 2.45) is 5.92 Å². The first-order chi connectivity index (χ1) is 15.1. The summed E-state index contributed by atoms with van der Waals surface area (Å²) in [6.07, 6.45) is 2.74. The third-order valence-corrected chi connectivity index (χ3v) is 5.00. The number of nitrogens with zero attached hydrogens (tertiary/aromatic N) is 3. The van der Waals surface area contributed by atoms with E-state index in [-0.39, 0.29) is 17.9 Å². The Morgan fingerprint density at radius 2 is 1.87 bits per heavy atom. The van der Waals surface area contributed by atoms with Crippen molar-refractivity contribution in [2.45, 2.75) is 19.8 Å². The second kappa shape index (κ2) is 9.29. The largest absolute Gasteiger partial charge is 0.437 e. The topological polar surface area (TPSA) is 110 Å². The zero-order valence-electron chi connectivity index (χ0n) is 17.1. The normalized spacial score (nSPS) is 14.2. The Bertz CT molecular complexity index is 1040. The molecule has 1 aliphatic heterocycles. The summed E-state index contributed by atoms with van der Waals surface area (Å²) < 4.78 is 10.8. The fourth-order valence-corrected chi connectivity index (χ4v) is 3.36. The van der Waals surface area contributed by atoms with Gasteiger partial charge in [-0.15, -0.1) is 0 Å². The molecule has 3 heterocycles. The van der Waals surface area contributed by atoms with Crippen molar-refractivity contribution < 1.29 is 18.8 Å². The van der Waals surface area contributed by atoms with Gasteiger partial charge in [-0.1, -0.05) is 23.4 Å². The molecule has 1 aliphatic rings. The van der Waals surface area contributed by atoms with Crippen LogP contribution in [0.15, 0.2) is 59.3 Å². The molecule has 0 atom stereocenters. The highest BCUT2D eigenvalue weighted by Crippen LogP contribution is 2.27. The van der Waals surface area contributed by atoms with Crippen molar-refractivity contribution in [1.29, 1.82) is 0 Å². The van der Waals surface area contributed by atoms with Crippen LogP contribution in [0.2, 0.25) is 0 Å². The lowest BCUT2D eigenvalue weighted by atomic mass is 9.96. The Labute approximate surface area is 179 Å². The first kappa shape index (κ1) is 20.4. The van der Waals surface area contributed by atoms with E-state index in [0.29, 0.717) is 54.8 Å². The molecule has 0 radical (unpaired) electrons. The molecule has 31 heavy (non-hydrogen) atoms. The van der Waals surface area contributed by atoms with Gasteiger partial charge < -0.3 is 24.8 Å². The van der Waals surface area contributed by atoms with Crippen molar-refractivity contribution in [3.8, 4) is 11.6 Å². The second-order valence-corrected chi connectivity index (χ2v) is 7.27. The minimum Gasteiger partial charge on any atom is -0.437 e.